The maximum Gasteiger partial charge on any atom is 0.119 e. The van der Waals surface area contributed by atoms with E-state index in [1.54, 1.807) is 23.0 Å². The van der Waals surface area contributed by atoms with E-state index < -0.39 is 0 Å². The molecule has 5 nitrogen and oxygen atoms in total. The van der Waals surface area contributed by atoms with Crippen LogP contribution in [0.1, 0.15) is 5.69 Å². The Balaban J connectivity index is 1.85. The molecule has 0 atom stereocenters. The summed E-state index contributed by atoms with van der Waals surface area (Å²) < 4.78 is 7.28. The van der Waals surface area contributed by atoms with E-state index >= 15 is 0 Å². The summed E-state index contributed by atoms with van der Waals surface area (Å²) in [6.07, 6.45) is 1.66. The van der Waals surface area contributed by atoms with Crippen molar-refractivity contribution in [2.24, 2.45) is 5.73 Å². The molecule has 1 aromatic carbocycles. The van der Waals surface area contributed by atoms with Gasteiger partial charge in [0.25, 0.3) is 0 Å². The van der Waals surface area contributed by atoms with Crippen LogP contribution in [-0.2, 0) is 13.1 Å². The fourth-order valence-electron chi connectivity index (χ4n) is 1.41. The van der Waals surface area contributed by atoms with Crippen molar-refractivity contribution in [2.75, 3.05) is 6.61 Å². The van der Waals surface area contributed by atoms with Crippen LogP contribution in [-0.4, -0.2) is 21.6 Å². The van der Waals surface area contributed by atoms with Crippen molar-refractivity contribution in [3.8, 4) is 5.75 Å². The fraction of sp³-hybridized carbons (Fsp3) is 0.273. The Kier molecular flexibility index (Phi) is 3.95. The smallest absolute Gasteiger partial charge is 0.119 e. The summed E-state index contributed by atoms with van der Waals surface area (Å²) in [6, 6.07) is 7.23. The summed E-state index contributed by atoms with van der Waals surface area (Å²) in [5.74, 6) is 0.781. The molecule has 17 heavy (non-hydrogen) atoms. The number of nitrogens with zero attached hydrogens (tertiary/aromatic N) is 3. The summed E-state index contributed by atoms with van der Waals surface area (Å²) in [5, 5.41) is 8.40. The highest BCUT2D eigenvalue weighted by Crippen LogP contribution is 2.15. The molecular weight excluding hydrogens is 240 g/mol. The zero-order valence-electron chi connectivity index (χ0n) is 9.21. The van der Waals surface area contributed by atoms with Crippen molar-refractivity contribution < 1.29 is 4.74 Å². The molecule has 0 spiro atoms. The van der Waals surface area contributed by atoms with Crippen LogP contribution in [0, 0.1) is 0 Å². The third-order valence-corrected chi connectivity index (χ3v) is 2.54. The van der Waals surface area contributed by atoms with Crippen LogP contribution in [0.15, 0.2) is 30.5 Å². The van der Waals surface area contributed by atoms with Crippen LogP contribution in [0.5, 0.6) is 5.75 Å². The molecule has 0 amide bonds. The van der Waals surface area contributed by atoms with E-state index in [0.717, 1.165) is 11.4 Å². The average Bonchev–Trinajstić information content (AvgIpc) is 2.79. The largest absolute Gasteiger partial charge is 0.492 e. The molecule has 1 heterocycles. The van der Waals surface area contributed by atoms with Gasteiger partial charge < -0.3 is 10.5 Å². The van der Waals surface area contributed by atoms with E-state index in [4.69, 9.17) is 22.1 Å². The average molecular weight is 253 g/mol. The van der Waals surface area contributed by atoms with Crippen LogP contribution in [0.3, 0.4) is 0 Å². The maximum absolute atomic E-state index is 5.77. The molecule has 6 heteroatoms. The molecule has 1 aromatic heterocycles. The molecule has 0 unspecified atom stereocenters. The number of rotatable bonds is 5. The first-order valence-electron chi connectivity index (χ1n) is 5.25. The summed E-state index contributed by atoms with van der Waals surface area (Å²) in [7, 11) is 0. The molecule has 0 radical (unpaired) electrons. The molecule has 0 saturated heterocycles. The predicted molar refractivity (Wildman–Crippen MR) is 64.9 cm³/mol. The first-order valence-corrected chi connectivity index (χ1v) is 5.63. The van der Waals surface area contributed by atoms with Gasteiger partial charge in [-0.05, 0) is 24.3 Å². The van der Waals surface area contributed by atoms with E-state index in [1.807, 2.05) is 12.1 Å². The van der Waals surface area contributed by atoms with Gasteiger partial charge in [-0.3, -0.25) is 0 Å². The fourth-order valence-corrected chi connectivity index (χ4v) is 1.53. The van der Waals surface area contributed by atoms with Crippen molar-refractivity contribution >= 4 is 11.6 Å². The highest BCUT2D eigenvalue weighted by Gasteiger charge is 2.01. The van der Waals surface area contributed by atoms with Crippen LogP contribution >= 0.6 is 11.6 Å². The second-order valence-electron chi connectivity index (χ2n) is 3.45. The zero-order chi connectivity index (χ0) is 12.1. The molecule has 0 aliphatic heterocycles. The standard InChI is InChI=1S/C11H13ClN4O/c12-9-1-3-11(4-2-9)17-6-5-16-10(7-13)8-14-15-16/h1-4,8H,5-7,13H2. The lowest BCUT2D eigenvalue weighted by Gasteiger charge is -2.07. The van der Waals surface area contributed by atoms with Crippen LogP contribution < -0.4 is 10.5 Å². The van der Waals surface area contributed by atoms with E-state index in [0.29, 0.717) is 24.7 Å². The number of hydrogen-bond acceptors (Lipinski definition) is 4. The second kappa shape index (κ2) is 5.65. The Morgan fingerprint density at radius 3 is 2.76 bits per heavy atom. The molecule has 0 saturated carbocycles. The van der Waals surface area contributed by atoms with Crippen LogP contribution in [0.2, 0.25) is 5.02 Å². The monoisotopic (exact) mass is 252 g/mol. The normalized spacial score (nSPS) is 10.5. The molecule has 2 rings (SSSR count). The topological polar surface area (TPSA) is 66.0 Å². The Labute approximate surface area is 104 Å². The van der Waals surface area contributed by atoms with Crippen molar-refractivity contribution in [2.45, 2.75) is 13.1 Å². The lowest BCUT2D eigenvalue weighted by Crippen LogP contribution is -2.14. The Morgan fingerprint density at radius 1 is 1.29 bits per heavy atom. The van der Waals surface area contributed by atoms with Gasteiger partial charge in [0.1, 0.15) is 12.4 Å². The number of benzene rings is 1. The first-order chi connectivity index (χ1) is 8.29. The molecular formula is C11H13ClN4O. The maximum atomic E-state index is 5.77. The summed E-state index contributed by atoms with van der Waals surface area (Å²) in [6.45, 7) is 1.56. The third-order valence-electron chi connectivity index (χ3n) is 2.29. The lowest BCUT2D eigenvalue weighted by atomic mass is 10.3. The predicted octanol–water partition coefficient (Wildman–Crippen LogP) is 1.47. The summed E-state index contributed by atoms with van der Waals surface area (Å²) in [5.41, 5.74) is 6.43. The summed E-state index contributed by atoms with van der Waals surface area (Å²) in [4.78, 5) is 0. The molecule has 0 aliphatic rings. The van der Waals surface area contributed by atoms with Gasteiger partial charge in [0.05, 0.1) is 18.4 Å². The highest BCUT2D eigenvalue weighted by molar-refractivity contribution is 6.30. The van der Waals surface area contributed by atoms with E-state index in [2.05, 4.69) is 10.3 Å². The van der Waals surface area contributed by atoms with Crippen molar-refractivity contribution in [3.63, 3.8) is 0 Å². The van der Waals surface area contributed by atoms with E-state index in [1.165, 1.54) is 0 Å². The van der Waals surface area contributed by atoms with Gasteiger partial charge in [-0.2, -0.15) is 0 Å². The number of halogens is 1. The van der Waals surface area contributed by atoms with Gasteiger partial charge in [-0.25, -0.2) is 4.68 Å². The van der Waals surface area contributed by atoms with Gasteiger partial charge in [0.2, 0.25) is 0 Å². The Hall–Kier alpha value is -1.59. The lowest BCUT2D eigenvalue weighted by molar-refractivity contribution is 0.287. The Bertz CT molecular complexity index is 469. The van der Waals surface area contributed by atoms with Crippen molar-refractivity contribution in [1.82, 2.24) is 15.0 Å². The van der Waals surface area contributed by atoms with Gasteiger partial charge in [-0.1, -0.05) is 16.8 Å². The third kappa shape index (κ3) is 3.18. The van der Waals surface area contributed by atoms with Gasteiger partial charge in [-0.15, -0.1) is 5.10 Å². The first kappa shape index (κ1) is 11.9. The van der Waals surface area contributed by atoms with Gasteiger partial charge in [0.15, 0.2) is 0 Å². The molecule has 90 valence electrons. The molecule has 0 fully saturated rings. The van der Waals surface area contributed by atoms with Crippen LogP contribution in [0.4, 0.5) is 0 Å². The molecule has 2 aromatic rings. The second-order valence-corrected chi connectivity index (χ2v) is 3.89. The zero-order valence-corrected chi connectivity index (χ0v) is 9.97. The minimum Gasteiger partial charge on any atom is -0.492 e. The van der Waals surface area contributed by atoms with E-state index in [-0.39, 0.29) is 0 Å². The molecule has 0 bridgehead atoms. The van der Waals surface area contributed by atoms with E-state index in [9.17, 15) is 0 Å². The number of ether oxygens (including phenoxy) is 1. The Morgan fingerprint density at radius 2 is 2.06 bits per heavy atom. The highest BCUT2D eigenvalue weighted by atomic mass is 35.5. The minimum absolute atomic E-state index is 0.425. The SMILES string of the molecule is NCc1cnnn1CCOc1ccc(Cl)cc1. The quantitative estimate of drug-likeness (QED) is 0.875. The van der Waals surface area contributed by atoms with Crippen molar-refractivity contribution in [3.05, 3.63) is 41.2 Å². The van der Waals surface area contributed by atoms with Crippen LogP contribution in [0.25, 0.3) is 0 Å². The molecule has 0 aliphatic carbocycles. The number of nitrogens with two attached hydrogens (primary N) is 1. The number of aromatic nitrogens is 3. The van der Waals surface area contributed by atoms with Crippen molar-refractivity contribution in [1.29, 1.82) is 0 Å². The summed E-state index contributed by atoms with van der Waals surface area (Å²) >= 11 is 5.77. The minimum atomic E-state index is 0.425. The van der Waals surface area contributed by atoms with Gasteiger partial charge >= 0.3 is 0 Å². The van der Waals surface area contributed by atoms with Gasteiger partial charge in [0, 0.05) is 11.6 Å². The number of hydrogen-bond donors (Lipinski definition) is 1. The molecule has 2 N–H and O–H groups in total.